The molecule has 20 heavy (non-hydrogen) atoms. The minimum absolute atomic E-state index is 0.0606. The van der Waals surface area contributed by atoms with E-state index in [1.165, 1.54) is 13.3 Å². The molecule has 5 nitrogen and oxygen atoms in total. The maximum Gasteiger partial charge on any atom is 0.282 e. The second-order valence-electron chi connectivity index (χ2n) is 4.12. The van der Waals surface area contributed by atoms with Gasteiger partial charge in [-0.3, -0.25) is 9.89 Å². The molecular weight excluding hydrogens is 273 g/mol. The van der Waals surface area contributed by atoms with Crippen molar-refractivity contribution in [3.63, 3.8) is 0 Å². The van der Waals surface area contributed by atoms with Crippen LogP contribution >= 0.6 is 0 Å². The number of rotatable bonds is 1. The van der Waals surface area contributed by atoms with E-state index in [1.807, 2.05) is 0 Å². The van der Waals surface area contributed by atoms with Crippen LogP contribution in [0.2, 0.25) is 0 Å². The number of hydrogen-bond acceptors (Lipinski definition) is 3. The van der Waals surface area contributed by atoms with Gasteiger partial charge in [-0.1, -0.05) is 0 Å². The molecule has 0 aliphatic heterocycles. The fourth-order valence-electron chi connectivity index (χ4n) is 2.00. The summed E-state index contributed by atoms with van der Waals surface area (Å²) in [7, 11) is 0. The van der Waals surface area contributed by atoms with E-state index in [1.54, 1.807) is 0 Å². The molecule has 0 atom stereocenters. The number of aromatic nitrogens is 4. The Bertz CT molecular complexity index is 884. The number of halogens is 3. The Labute approximate surface area is 109 Å². The van der Waals surface area contributed by atoms with Gasteiger partial charge in [0.05, 0.1) is 16.8 Å². The van der Waals surface area contributed by atoms with Gasteiger partial charge in [0, 0.05) is 0 Å². The van der Waals surface area contributed by atoms with Crippen molar-refractivity contribution in [2.75, 3.05) is 0 Å². The zero-order valence-electron chi connectivity index (χ0n) is 10.1. The Morgan fingerprint density at radius 2 is 1.85 bits per heavy atom. The largest absolute Gasteiger partial charge is 0.282 e. The van der Waals surface area contributed by atoms with E-state index in [4.69, 9.17) is 0 Å². The number of nitrogens with one attached hydrogen (secondary N) is 1. The molecule has 0 aliphatic carbocycles. The normalized spacial score (nSPS) is 11.2. The average Bonchev–Trinajstić information content (AvgIpc) is 2.86. The van der Waals surface area contributed by atoms with Crippen LogP contribution in [0.25, 0.3) is 16.9 Å². The predicted octanol–water partition coefficient (Wildman–Crippen LogP) is 1.81. The van der Waals surface area contributed by atoms with Gasteiger partial charge in [0.1, 0.15) is 12.1 Å². The topological polar surface area (TPSA) is 63.1 Å². The molecule has 1 aromatic carbocycles. The van der Waals surface area contributed by atoms with Crippen LogP contribution in [0, 0.1) is 24.4 Å². The van der Waals surface area contributed by atoms with Crippen LogP contribution in [-0.4, -0.2) is 19.6 Å². The summed E-state index contributed by atoms with van der Waals surface area (Å²) in [5.74, 6) is -3.64. The van der Waals surface area contributed by atoms with E-state index in [2.05, 4.69) is 15.1 Å². The molecule has 2 aromatic heterocycles. The molecule has 8 heteroatoms. The minimum Gasteiger partial charge on any atom is -0.278 e. The molecule has 1 N–H and O–H groups in total. The van der Waals surface area contributed by atoms with E-state index in [9.17, 15) is 18.0 Å². The molecule has 0 unspecified atom stereocenters. The second-order valence-corrected chi connectivity index (χ2v) is 4.12. The third-order valence-electron chi connectivity index (χ3n) is 2.91. The lowest BCUT2D eigenvalue weighted by molar-refractivity contribution is 0.498. The first-order chi connectivity index (χ1) is 9.50. The first kappa shape index (κ1) is 12.4. The minimum atomic E-state index is -1.42. The van der Waals surface area contributed by atoms with Crippen molar-refractivity contribution in [2.45, 2.75) is 6.92 Å². The summed E-state index contributed by atoms with van der Waals surface area (Å²) in [6.07, 6.45) is 1.21. The number of aryl methyl sites for hydroxylation is 1. The fraction of sp³-hybridized carbons (Fsp3) is 0.0833. The van der Waals surface area contributed by atoms with Crippen molar-refractivity contribution in [3.05, 3.63) is 52.0 Å². The third kappa shape index (κ3) is 1.61. The number of aromatic amines is 1. The summed E-state index contributed by atoms with van der Waals surface area (Å²) >= 11 is 0. The lowest BCUT2D eigenvalue weighted by atomic mass is 10.0. The SMILES string of the molecule is Cc1nc2nc[nH]n2c(=O)c1-c1c(F)ccc(F)c1F. The number of fused-ring (bicyclic) bond motifs is 1. The van der Waals surface area contributed by atoms with Crippen molar-refractivity contribution in [3.8, 4) is 11.1 Å². The smallest absolute Gasteiger partial charge is 0.278 e. The highest BCUT2D eigenvalue weighted by molar-refractivity contribution is 5.67. The molecule has 0 spiro atoms. The maximum atomic E-state index is 13.8. The van der Waals surface area contributed by atoms with Gasteiger partial charge in [-0.15, -0.1) is 0 Å². The molecule has 0 saturated heterocycles. The summed E-state index contributed by atoms with van der Waals surface area (Å²) < 4.78 is 41.8. The predicted molar refractivity (Wildman–Crippen MR) is 63.7 cm³/mol. The van der Waals surface area contributed by atoms with Crippen molar-refractivity contribution >= 4 is 5.78 Å². The molecule has 102 valence electrons. The van der Waals surface area contributed by atoms with Crippen molar-refractivity contribution < 1.29 is 13.2 Å². The standard InChI is InChI=1S/C12H7F3N4O/c1-5-8(9-6(13)2-3-7(14)10(9)15)11(20)19-12(18-5)16-4-17-19/h2-4H,1H3,(H,16,17,18). The number of H-pyrrole nitrogens is 1. The van der Waals surface area contributed by atoms with E-state index in [-0.39, 0.29) is 17.0 Å². The zero-order valence-corrected chi connectivity index (χ0v) is 10.1. The van der Waals surface area contributed by atoms with Crippen LogP contribution in [0.3, 0.4) is 0 Å². The van der Waals surface area contributed by atoms with E-state index in [0.29, 0.717) is 6.07 Å². The highest BCUT2D eigenvalue weighted by atomic mass is 19.2. The Morgan fingerprint density at radius 1 is 1.15 bits per heavy atom. The fourth-order valence-corrected chi connectivity index (χ4v) is 2.00. The second kappa shape index (κ2) is 4.19. The van der Waals surface area contributed by atoms with E-state index in [0.717, 1.165) is 10.6 Å². The summed E-state index contributed by atoms with van der Waals surface area (Å²) in [5, 5.41) is 2.47. The quantitative estimate of drug-likeness (QED) is 0.691. The van der Waals surface area contributed by atoms with Gasteiger partial charge in [0.15, 0.2) is 11.6 Å². The van der Waals surface area contributed by atoms with Gasteiger partial charge in [0.25, 0.3) is 11.3 Å². The summed E-state index contributed by atoms with van der Waals surface area (Å²) in [5.41, 5.74) is -1.77. The molecule has 3 aromatic rings. The number of benzene rings is 1. The first-order valence-electron chi connectivity index (χ1n) is 5.57. The Kier molecular flexibility index (Phi) is 2.60. The summed E-state index contributed by atoms with van der Waals surface area (Å²) in [4.78, 5) is 19.9. The van der Waals surface area contributed by atoms with Crippen LogP contribution in [-0.2, 0) is 0 Å². The molecule has 0 saturated carbocycles. The number of hydrogen-bond donors (Lipinski definition) is 1. The first-order valence-corrected chi connectivity index (χ1v) is 5.57. The van der Waals surface area contributed by atoms with Crippen LogP contribution in [0.1, 0.15) is 5.69 Å². The van der Waals surface area contributed by atoms with Gasteiger partial charge in [-0.2, -0.15) is 4.52 Å². The Morgan fingerprint density at radius 3 is 2.60 bits per heavy atom. The van der Waals surface area contributed by atoms with Crippen molar-refractivity contribution in [1.29, 1.82) is 0 Å². The lowest BCUT2D eigenvalue weighted by Crippen LogP contribution is -2.20. The number of nitrogens with zero attached hydrogens (tertiary/aromatic N) is 3. The highest BCUT2D eigenvalue weighted by Crippen LogP contribution is 2.27. The van der Waals surface area contributed by atoms with E-state index >= 15 is 0 Å². The third-order valence-corrected chi connectivity index (χ3v) is 2.91. The van der Waals surface area contributed by atoms with Gasteiger partial charge in [-0.05, 0) is 19.1 Å². The molecule has 2 heterocycles. The lowest BCUT2D eigenvalue weighted by Gasteiger charge is -2.08. The average molecular weight is 280 g/mol. The van der Waals surface area contributed by atoms with Crippen LogP contribution < -0.4 is 5.56 Å². The summed E-state index contributed by atoms with van der Waals surface area (Å²) in [6, 6.07) is 1.41. The Hall–Kier alpha value is -2.64. The summed E-state index contributed by atoms with van der Waals surface area (Å²) in [6.45, 7) is 1.40. The monoisotopic (exact) mass is 280 g/mol. The molecule has 0 fully saturated rings. The molecule has 0 bridgehead atoms. The van der Waals surface area contributed by atoms with Gasteiger partial charge in [0.2, 0.25) is 0 Å². The zero-order chi connectivity index (χ0) is 14.4. The Balaban J connectivity index is 2.47. The van der Waals surface area contributed by atoms with Gasteiger partial charge >= 0.3 is 0 Å². The van der Waals surface area contributed by atoms with Crippen LogP contribution in [0.5, 0.6) is 0 Å². The molecule has 0 aliphatic rings. The van der Waals surface area contributed by atoms with Crippen molar-refractivity contribution in [2.24, 2.45) is 0 Å². The molecule has 0 amide bonds. The van der Waals surface area contributed by atoms with E-state index < -0.39 is 28.6 Å². The van der Waals surface area contributed by atoms with Gasteiger partial charge < -0.3 is 0 Å². The highest BCUT2D eigenvalue weighted by Gasteiger charge is 2.22. The molecule has 3 rings (SSSR count). The maximum absolute atomic E-state index is 13.8. The molecule has 0 radical (unpaired) electrons. The molecular formula is C12H7F3N4O. The van der Waals surface area contributed by atoms with Crippen LogP contribution in [0.15, 0.2) is 23.3 Å². The van der Waals surface area contributed by atoms with Gasteiger partial charge in [-0.25, -0.2) is 23.1 Å². The van der Waals surface area contributed by atoms with Crippen LogP contribution in [0.4, 0.5) is 13.2 Å². The van der Waals surface area contributed by atoms with Crippen molar-refractivity contribution in [1.82, 2.24) is 19.6 Å².